The first-order valence-electron chi connectivity index (χ1n) is 39.0. The molecule has 0 saturated heterocycles. The molecule has 0 fully saturated rings. The summed E-state index contributed by atoms with van der Waals surface area (Å²) >= 11 is 0. The number of furan rings is 4. The summed E-state index contributed by atoms with van der Waals surface area (Å²) in [4.78, 5) is 0. The molecule has 5 aromatic heterocycles. The first kappa shape index (κ1) is 78.1. The van der Waals surface area contributed by atoms with E-state index in [1.165, 1.54) is 126 Å². The molecule has 1 aliphatic rings. The molecule has 1 aliphatic carbocycles. The molecule has 0 bridgehead atoms. The van der Waals surface area contributed by atoms with Crippen LogP contribution in [0.2, 0.25) is 0 Å². The quantitative estimate of drug-likeness (QED) is 0.164. The number of rotatable bonds is 1. The Morgan fingerprint density at radius 1 is 0.209 bits per heavy atom. The van der Waals surface area contributed by atoms with Crippen molar-refractivity contribution >= 4 is 131 Å². The van der Waals surface area contributed by atoms with E-state index >= 15 is 0 Å². The standard InChI is InChI=1S/C25H17N.2C16H10O.2C12H8O.2C7H8.5C2H6/c1-2-9-19(10-3-1)26-24-13-7-6-12-21(24)23-15-18-14-17-8-4-5-11-20(17)22(18)16-25(23)26;2*1-2-6-12-11(5-1)9-10-14-13-7-3-4-8-15(13)17-16(12)14;2*1-3-7-11-9(5-1)10-6-2-4-8-12(10)13-11;2*1-7-5-3-2-4-6-7;5*1-2/h1-13,15-16H,14H2;2*1-10H;2*1-8H;2*2-6H,1H3;5*1-2H3. The van der Waals surface area contributed by atoms with Crippen molar-refractivity contribution in [2.24, 2.45) is 0 Å². The minimum Gasteiger partial charge on any atom is -0.456 e. The summed E-state index contributed by atoms with van der Waals surface area (Å²) in [5.41, 5.74) is 19.8. The lowest BCUT2D eigenvalue weighted by Crippen LogP contribution is -1.93. The molecule has 22 rings (SSSR count). The van der Waals surface area contributed by atoms with Gasteiger partial charge in [0.25, 0.3) is 0 Å². The Morgan fingerprint density at radius 3 is 0.909 bits per heavy atom. The molecule has 548 valence electrons. The lowest BCUT2D eigenvalue weighted by molar-refractivity contribution is 0.668. The summed E-state index contributed by atoms with van der Waals surface area (Å²) in [6.45, 7) is 24.2. The van der Waals surface area contributed by atoms with Crippen LogP contribution in [0.25, 0.3) is 148 Å². The second kappa shape index (κ2) is 39.1. The highest BCUT2D eigenvalue weighted by atomic mass is 16.3. The first-order chi connectivity index (χ1) is 54.5. The number of nitrogens with zero attached hydrogens (tertiary/aromatic N) is 1. The molecule has 0 amide bonds. The molecule has 5 nitrogen and oxygen atoms in total. The van der Waals surface area contributed by atoms with Gasteiger partial charge in [-0.2, -0.15) is 0 Å². The van der Waals surface area contributed by atoms with Gasteiger partial charge in [-0.15, -0.1) is 0 Å². The predicted octanol–water partition coefficient (Wildman–Crippen LogP) is 32.1. The fraction of sp³-hybridized carbons (Fsp3) is 0.124. The number of hydrogen-bond acceptors (Lipinski definition) is 4. The Kier molecular flexibility index (Phi) is 27.7. The monoisotopic (exact) mass is 1440 g/mol. The molecule has 5 heteroatoms. The van der Waals surface area contributed by atoms with Crippen molar-refractivity contribution < 1.29 is 17.7 Å². The van der Waals surface area contributed by atoms with E-state index in [0.29, 0.717) is 0 Å². The van der Waals surface area contributed by atoms with Crippen molar-refractivity contribution in [3.8, 4) is 16.8 Å². The van der Waals surface area contributed by atoms with E-state index in [1.807, 2.05) is 215 Å². The largest absolute Gasteiger partial charge is 0.456 e. The summed E-state index contributed by atoms with van der Waals surface area (Å²) in [7, 11) is 0. The SMILES string of the molecule is CC.CC.CC.CC.CC.Cc1ccccc1.Cc1ccccc1.c1ccc(-n2c3ccccc3c3cc4c(cc32)-c2ccccc2C4)cc1.c1ccc2c(c1)ccc1c3ccccc3oc21.c1ccc2c(c1)ccc1c3ccccc3oc21.c1ccc2c(c1)oc1ccccc12.c1ccc2c(c1)oc1ccccc12. The molecule has 21 aromatic rings. The highest BCUT2D eigenvalue weighted by molar-refractivity contribution is 6.17. The topological polar surface area (TPSA) is 57.5 Å². The van der Waals surface area contributed by atoms with Crippen molar-refractivity contribution in [3.05, 3.63) is 392 Å². The highest BCUT2D eigenvalue weighted by Gasteiger charge is 2.22. The number of hydrogen-bond donors (Lipinski definition) is 0. The molecular weight excluding hydrogens is 1340 g/mol. The number of fused-ring (bicyclic) bond motifs is 22. The number of benzene rings is 16. The Morgan fingerprint density at radius 2 is 0.518 bits per heavy atom. The van der Waals surface area contributed by atoms with E-state index in [-0.39, 0.29) is 0 Å². The third kappa shape index (κ3) is 17.5. The van der Waals surface area contributed by atoms with Crippen molar-refractivity contribution in [3.63, 3.8) is 0 Å². The van der Waals surface area contributed by atoms with Gasteiger partial charge in [-0.05, 0) is 132 Å². The maximum atomic E-state index is 5.97. The van der Waals surface area contributed by atoms with Gasteiger partial charge in [0.15, 0.2) is 0 Å². The van der Waals surface area contributed by atoms with Crippen molar-refractivity contribution in [1.29, 1.82) is 0 Å². The summed E-state index contributed by atoms with van der Waals surface area (Å²) in [5, 5.41) is 17.0. The molecule has 0 atom stereocenters. The highest BCUT2D eigenvalue weighted by Crippen LogP contribution is 2.43. The van der Waals surface area contributed by atoms with Crippen LogP contribution >= 0.6 is 0 Å². The lowest BCUT2D eigenvalue weighted by atomic mass is 10.0. The number of aromatic nitrogens is 1. The van der Waals surface area contributed by atoms with Crippen LogP contribution in [0.15, 0.2) is 388 Å². The van der Waals surface area contributed by atoms with E-state index in [9.17, 15) is 0 Å². The zero-order valence-electron chi connectivity index (χ0n) is 65.5. The van der Waals surface area contributed by atoms with Gasteiger partial charge in [-0.3, -0.25) is 0 Å². The van der Waals surface area contributed by atoms with Crippen LogP contribution in [0.4, 0.5) is 0 Å². The molecule has 5 heterocycles. The van der Waals surface area contributed by atoms with E-state index in [2.05, 4.69) is 243 Å². The molecule has 0 unspecified atom stereocenters. The zero-order valence-corrected chi connectivity index (χ0v) is 65.5. The van der Waals surface area contributed by atoms with Gasteiger partial charge >= 0.3 is 0 Å². The maximum absolute atomic E-state index is 5.97. The normalized spacial score (nSPS) is 10.5. The van der Waals surface area contributed by atoms with Crippen LogP contribution in [0, 0.1) is 13.8 Å². The average Bonchev–Trinajstić information content (AvgIpc) is 1.85. The molecule has 0 N–H and O–H groups in total. The fourth-order valence-electron chi connectivity index (χ4n) is 13.8. The van der Waals surface area contributed by atoms with E-state index in [1.54, 1.807) is 0 Å². The fourth-order valence-corrected chi connectivity index (χ4v) is 13.8. The minimum atomic E-state index is 0.957. The Bertz CT molecular complexity index is 6020. The van der Waals surface area contributed by atoms with Crippen molar-refractivity contribution in [2.45, 2.75) is 89.5 Å². The average molecular weight is 1440 g/mol. The van der Waals surface area contributed by atoms with Crippen LogP contribution in [-0.2, 0) is 6.42 Å². The van der Waals surface area contributed by atoms with E-state index in [0.717, 1.165) is 51.1 Å². The van der Waals surface area contributed by atoms with Gasteiger partial charge in [0.1, 0.15) is 44.7 Å². The molecular formula is C105H99NO4. The number of aryl methyl sites for hydroxylation is 2. The van der Waals surface area contributed by atoms with E-state index in [4.69, 9.17) is 17.7 Å². The molecule has 0 saturated carbocycles. The van der Waals surface area contributed by atoms with E-state index < -0.39 is 0 Å². The van der Waals surface area contributed by atoms with Crippen LogP contribution in [0.3, 0.4) is 0 Å². The maximum Gasteiger partial charge on any atom is 0.143 e. The van der Waals surface area contributed by atoms with Crippen molar-refractivity contribution in [1.82, 2.24) is 4.57 Å². The summed E-state index contributed by atoms with van der Waals surface area (Å²) in [5.74, 6) is 0. The summed E-state index contributed by atoms with van der Waals surface area (Å²) < 4.78 is 25.6. The number of para-hydroxylation sites is 8. The third-order valence-electron chi connectivity index (χ3n) is 18.6. The molecule has 0 spiro atoms. The second-order valence-corrected chi connectivity index (χ2v) is 25.1. The molecule has 110 heavy (non-hydrogen) atoms. The molecule has 0 radical (unpaired) electrons. The lowest BCUT2D eigenvalue weighted by Gasteiger charge is -2.09. The Hall–Kier alpha value is -13.0. The van der Waals surface area contributed by atoms with Gasteiger partial charge in [-0.25, -0.2) is 0 Å². The predicted molar refractivity (Wildman–Crippen MR) is 478 cm³/mol. The van der Waals surface area contributed by atoms with Crippen LogP contribution < -0.4 is 0 Å². The van der Waals surface area contributed by atoms with Crippen LogP contribution in [0.1, 0.15) is 91.5 Å². The summed E-state index contributed by atoms with van der Waals surface area (Å²) in [6.07, 6.45) is 1.03. The van der Waals surface area contributed by atoms with Gasteiger partial charge in [-0.1, -0.05) is 372 Å². The van der Waals surface area contributed by atoms with Gasteiger partial charge in [0.2, 0.25) is 0 Å². The van der Waals surface area contributed by atoms with Gasteiger partial charge < -0.3 is 22.2 Å². The minimum absolute atomic E-state index is 0.957. The Balaban J connectivity index is 0.000000129. The van der Waals surface area contributed by atoms with Gasteiger partial charge in [0, 0.05) is 70.3 Å². The van der Waals surface area contributed by atoms with Crippen molar-refractivity contribution in [2.75, 3.05) is 0 Å². The van der Waals surface area contributed by atoms with Crippen LogP contribution in [-0.4, -0.2) is 4.57 Å². The first-order valence-corrected chi connectivity index (χ1v) is 39.0. The smallest absolute Gasteiger partial charge is 0.143 e. The third-order valence-corrected chi connectivity index (χ3v) is 18.6. The molecule has 16 aromatic carbocycles. The Labute approximate surface area is 647 Å². The summed E-state index contributed by atoms with van der Waals surface area (Å²) in [6, 6.07) is 128. The molecule has 0 aliphatic heterocycles. The zero-order chi connectivity index (χ0) is 77.1. The van der Waals surface area contributed by atoms with Gasteiger partial charge in [0.05, 0.1) is 11.0 Å². The second-order valence-electron chi connectivity index (χ2n) is 25.1. The van der Waals surface area contributed by atoms with Crippen LogP contribution in [0.5, 0.6) is 0 Å².